The summed E-state index contributed by atoms with van der Waals surface area (Å²) in [5, 5.41) is 6.43. The predicted octanol–water partition coefficient (Wildman–Crippen LogP) is 2.80. The van der Waals surface area contributed by atoms with E-state index in [-0.39, 0.29) is 0 Å². The molecule has 2 heteroatoms. The third-order valence-corrected chi connectivity index (χ3v) is 2.93. The van der Waals surface area contributed by atoms with Gasteiger partial charge in [0.05, 0.1) is 12.4 Å². The summed E-state index contributed by atoms with van der Waals surface area (Å²) < 4.78 is 0. The van der Waals surface area contributed by atoms with Crippen LogP contribution < -0.4 is 10.6 Å². The summed E-state index contributed by atoms with van der Waals surface area (Å²) in [7, 11) is 0. The van der Waals surface area contributed by atoms with Crippen molar-refractivity contribution < 1.29 is 0 Å². The van der Waals surface area contributed by atoms with Crippen molar-refractivity contribution >= 4 is 5.70 Å². The van der Waals surface area contributed by atoms with Gasteiger partial charge in [0.25, 0.3) is 0 Å². The Bertz CT molecular complexity index is 527. The van der Waals surface area contributed by atoms with Gasteiger partial charge in [-0.05, 0) is 16.7 Å². The van der Waals surface area contributed by atoms with Crippen LogP contribution in [0.5, 0.6) is 0 Å². The normalized spacial score (nSPS) is 13.8. The molecule has 2 nitrogen and oxygen atoms in total. The molecule has 0 bridgehead atoms. The van der Waals surface area contributed by atoms with E-state index in [0.29, 0.717) is 0 Å². The lowest BCUT2D eigenvalue weighted by Crippen LogP contribution is -2.13. The highest BCUT2D eigenvalue weighted by Gasteiger charge is 2.05. The molecule has 0 atom stereocenters. The molecular weight excluding hydrogens is 208 g/mol. The van der Waals surface area contributed by atoms with Gasteiger partial charge in [0.2, 0.25) is 0 Å². The minimum absolute atomic E-state index is 0.815. The molecule has 0 aromatic heterocycles. The molecule has 0 radical (unpaired) electrons. The molecule has 17 heavy (non-hydrogen) atoms. The summed E-state index contributed by atoms with van der Waals surface area (Å²) in [6, 6.07) is 19.0. The van der Waals surface area contributed by atoms with E-state index in [4.69, 9.17) is 0 Å². The lowest BCUT2D eigenvalue weighted by atomic mass is 10.0. The fourth-order valence-corrected chi connectivity index (χ4v) is 2.01. The van der Waals surface area contributed by atoms with Gasteiger partial charge in [-0.15, -0.1) is 0 Å². The van der Waals surface area contributed by atoms with Gasteiger partial charge in [0, 0.05) is 6.20 Å². The van der Waals surface area contributed by atoms with E-state index < -0.39 is 0 Å². The Labute approximate surface area is 101 Å². The Morgan fingerprint density at radius 3 is 2.00 bits per heavy atom. The van der Waals surface area contributed by atoms with Gasteiger partial charge in [-0.2, -0.15) is 0 Å². The van der Waals surface area contributed by atoms with Crippen molar-refractivity contribution in [3.05, 3.63) is 66.4 Å². The van der Waals surface area contributed by atoms with E-state index in [1.165, 1.54) is 16.7 Å². The zero-order valence-corrected chi connectivity index (χ0v) is 9.48. The molecule has 2 aromatic carbocycles. The van der Waals surface area contributed by atoms with Gasteiger partial charge >= 0.3 is 0 Å². The van der Waals surface area contributed by atoms with Gasteiger partial charge in [0.1, 0.15) is 0 Å². The molecule has 2 aromatic rings. The fraction of sp³-hybridized carbons (Fsp3) is 0.0667. The number of hydrogen-bond donors (Lipinski definition) is 2. The van der Waals surface area contributed by atoms with E-state index in [2.05, 4.69) is 59.2 Å². The van der Waals surface area contributed by atoms with Gasteiger partial charge in [-0.3, -0.25) is 0 Å². The van der Waals surface area contributed by atoms with Crippen LogP contribution in [0.4, 0.5) is 0 Å². The van der Waals surface area contributed by atoms with E-state index in [0.717, 1.165) is 12.4 Å². The minimum Gasteiger partial charge on any atom is -0.372 e. The van der Waals surface area contributed by atoms with Crippen molar-refractivity contribution in [3.63, 3.8) is 0 Å². The van der Waals surface area contributed by atoms with Crippen molar-refractivity contribution in [2.24, 2.45) is 0 Å². The second-order valence-corrected chi connectivity index (χ2v) is 4.06. The summed E-state index contributed by atoms with van der Waals surface area (Å²) in [4.78, 5) is 0. The molecule has 2 N–H and O–H groups in total. The Hall–Kier alpha value is -2.22. The fourth-order valence-electron chi connectivity index (χ4n) is 2.01. The summed E-state index contributed by atoms with van der Waals surface area (Å²) in [6.45, 7) is 0.815. The van der Waals surface area contributed by atoms with Crippen LogP contribution in [0.15, 0.2) is 60.8 Å². The zero-order valence-electron chi connectivity index (χ0n) is 9.48. The van der Waals surface area contributed by atoms with Gasteiger partial charge in [0.15, 0.2) is 0 Å². The SMILES string of the molecule is C1=C(c2ccc(-c3ccccc3)cc2)NCN1. The summed E-state index contributed by atoms with van der Waals surface area (Å²) in [5.74, 6) is 0. The maximum Gasteiger partial charge on any atom is 0.0846 e. The van der Waals surface area contributed by atoms with Crippen molar-refractivity contribution in [3.8, 4) is 11.1 Å². The smallest absolute Gasteiger partial charge is 0.0846 e. The first-order valence-corrected chi connectivity index (χ1v) is 5.77. The van der Waals surface area contributed by atoms with Crippen LogP contribution in [-0.4, -0.2) is 6.67 Å². The second-order valence-electron chi connectivity index (χ2n) is 4.06. The maximum absolute atomic E-state index is 3.28. The van der Waals surface area contributed by atoms with E-state index in [9.17, 15) is 0 Å². The highest BCUT2D eigenvalue weighted by molar-refractivity contribution is 5.70. The molecule has 0 saturated carbocycles. The Morgan fingerprint density at radius 2 is 1.35 bits per heavy atom. The van der Waals surface area contributed by atoms with Crippen LogP contribution in [0.1, 0.15) is 5.56 Å². The van der Waals surface area contributed by atoms with Crippen LogP contribution in [0, 0.1) is 0 Å². The zero-order chi connectivity index (χ0) is 11.5. The van der Waals surface area contributed by atoms with Gasteiger partial charge in [-0.1, -0.05) is 54.6 Å². The van der Waals surface area contributed by atoms with Gasteiger partial charge < -0.3 is 10.6 Å². The number of benzene rings is 2. The summed E-state index contributed by atoms with van der Waals surface area (Å²) in [6.07, 6.45) is 2.01. The van der Waals surface area contributed by atoms with Gasteiger partial charge in [-0.25, -0.2) is 0 Å². The molecule has 0 saturated heterocycles. The summed E-state index contributed by atoms with van der Waals surface area (Å²) in [5.41, 5.74) is 4.88. The first-order valence-electron chi connectivity index (χ1n) is 5.77. The summed E-state index contributed by atoms with van der Waals surface area (Å²) >= 11 is 0. The largest absolute Gasteiger partial charge is 0.372 e. The Kier molecular flexibility index (Phi) is 2.54. The predicted molar refractivity (Wildman–Crippen MR) is 71.0 cm³/mol. The molecule has 84 valence electrons. The van der Waals surface area contributed by atoms with E-state index >= 15 is 0 Å². The number of rotatable bonds is 2. The van der Waals surface area contributed by atoms with Crippen molar-refractivity contribution in [2.45, 2.75) is 0 Å². The Morgan fingerprint density at radius 1 is 0.706 bits per heavy atom. The Balaban J connectivity index is 1.90. The maximum atomic E-state index is 3.28. The average molecular weight is 222 g/mol. The molecule has 0 fully saturated rings. The highest BCUT2D eigenvalue weighted by Crippen LogP contribution is 2.21. The lowest BCUT2D eigenvalue weighted by molar-refractivity contribution is 0.843. The first kappa shape index (κ1) is 9.97. The quantitative estimate of drug-likeness (QED) is 0.816. The van der Waals surface area contributed by atoms with E-state index in [1.54, 1.807) is 0 Å². The molecule has 0 unspecified atom stereocenters. The third kappa shape index (κ3) is 2.02. The first-order chi connectivity index (χ1) is 8.43. The van der Waals surface area contributed by atoms with Crippen LogP contribution in [0.2, 0.25) is 0 Å². The lowest BCUT2D eigenvalue weighted by Gasteiger charge is -2.05. The molecule has 0 spiro atoms. The monoisotopic (exact) mass is 222 g/mol. The molecule has 0 aliphatic carbocycles. The van der Waals surface area contributed by atoms with Crippen molar-refractivity contribution in [1.29, 1.82) is 0 Å². The van der Waals surface area contributed by atoms with Crippen molar-refractivity contribution in [2.75, 3.05) is 6.67 Å². The second kappa shape index (κ2) is 4.34. The van der Waals surface area contributed by atoms with Crippen LogP contribution in [0.3, 0.4) is 0 Å². The molecule has 1 aliphatic rings. The molecule has 3 rings (SSSR count). The molecular formula is C15H14N2. The van der Waals surface area contributed by atoms with Crippen molar-refractivity contribution in [1.82, 2.24) is 10.6 Å². The topological polar surface area (TPSA) is 24.1 Å². The molecule has 1 heterocycles. The van der Waals surface area contributed by atoms with Crippen LogP contribution >= 0.6 is 0 Å². The molecule has 0 amide bonds. The number of nitrogens with one attached hydrogen (secondary N) is 2. The minimum atomic E-state index is 0.815. The standard InChI is InChI=1S/C15H14N2/c1-2-4-12(5-3-1)13-6-8-14(9-7-13)15-10-16-11-17-15/h1-10,16-17H,11H2. The van der Waals surface area contributed by atoms with Crippen LogP contribution in [-0.2, 0) is 0 Å². The van der Waals surface area contributed by atoms with Crippen LogP contribution in [0.25, 0.3) is 16.8 Å². The molecule has 1 aliphatic heterocycles. The number of hydrogen-bond acceptors (Lipinski definition) is 2. The third-order valence-electron chi connectivity index (χ3n) is 2.93. The highest BCUT2D eigenvalue weighted by atomic mass is 15.1. The average Bonchev–Trinajstić information content (AvgIpc) is 2.94. The van der Waals surface area contributed by atoms with E-state index in [1.807, 2.05) is 12.3 Å².